The van der Waals surface area contributed by atoms with Crippen molar-refractivity contribution in [3.63, 3.8) is 0 Å². The van der Waals surface area contributed by atoms with Crippen LogP contribution in [0.3, 0.4) is 0 Å². The van der Waals surface area contributed by atoms with Crippen LogP contribution in [-0.4, -0.2) is 4.57 Å². The fourth-order valence-electron chi connectivity index (χ4n) is 3.78. The predicted octanol–water partition coefficient (Wildman–Crippen LogP) is 6.98. The topological polar surface area (TPSA) is 30.9 Å². The molecule has 3 rings (SSSR count). The number of halogens is 1. The second-order valence-electron chi connectivity index (χ2n) is 7.15. The molecular formula is C22H29BrN2. The van der Waals surface area contributed by atoms with Crippen LogP contribution in [0.2, 0.25) is 0 Å². The molecule has 3 heteroatoms. The van der Waals surface area contributed by atoms with Gasteiger partial charge >= 0.3 is 0 Å². The summed E-state index contributed by atoms with van der Waals surface area (Å²) in [6.07, 6.45) is 7.24. The summed E-state index contributed by atoms with van der Waals surface area (Å²) in [5.74, 6) is 0. The molecule has 25 heavy (non-hydrogen) atoms. The number of rotatable bonds is 7. The minimum absolute atomic E-state index is 0.885. The van der Waals surface area contributed by atoms with Gasteiger partial charge in [-0.15, -0.1) is 0 Å². The lowest BCUT2D eigenvalue weighted by molar-refractivity contribution is 0.664. The fraction of sp³-hybridized carbons (Fsp3) is 0.455. The highest BCUT2D eigenvalue weighted by Crippen LogP contribution is 2.37. The average molecular weight is 401 g/mol. The Morgan fingerprint density at radius 1 is 0.960 bits per heavy atom. The van der Waals surface area contributed by atoms with Gasteiger partial charge in [0.15, 0.2) is 0 Å². The van der Waals surface area contributed by atoms with Crippen LogP contribution in [-0.2, 0) is 13.0 Å². The third kappa shape index (κ3) is 3.57. The van der Waals surface area contributed by atoms with E-state index in [-0.39, 0.29) is 0 Å². The molecule has 0 radical (unpaired) electrons. The fourth-order valence-corrected chi connectivity index (χ4v) is 4.11. The Hall–Kier alpha value is -1.48. The van der Waals surface area contributed by atoms with E-state index in [2.05, 4.69) is 65.5 Å². The maximum absolute atomic E-state index is 6.29. The lowest BCUT2D eigenvalue weighted by Gasteiger charge is -2.09. The number of aromatic nitrogens is 1. The summed E-state index contributed by atoms with van der Waals surface area (Å²) in [5, 5.41) is 2.78. The van der Waals surface area contributed by atoms with Crippen LogP contribution in [0.4, 0.5) is 5.69 Å². The molecule has 0 saturated carbocycles. The molecule has 134 valence electrons. The number of anilines is 1. The standard InChI is InChI=1S/C22H29BrN2/c1-4-6-8-9-16-12-17(24)13-21-22(16)18-11-15(3)19(23)14-20(18)25(21)10-7-5-2/h11-14H,4-10,24H2,1-3H3. The van der Waals surface area contributed by atoms with Crippen LogP contribution < -0.4 is 5.73 Å². The monoisotopic (exact) mass is 400 g/mol. The number of benzene rings is 2. The summed E-state index contributed by atoms with van der Waals surface area (Å²) >= 11 is 3.72. The van der Waals surface area contributed by atoms with Gasteiger partial charge in [-0.2, -0.15) is 0 Å². The molecule has 0 amide bonds. The zero-order chi connectivity index (χ0) is 18.0. The van der Waals surface area contributed by atoms with Gasteiger partial charge in [0, 0.05) is 27.5 Å². The summed E-state index contributed by atoms with van der Waals surface area (Å²) < 4.78 is 3.65. The molecule has 2 N–H and O–H groups in total. The molecule has 1 aromatic heterocycles. The van der Waals surface area contributed by atoms with E-state index in [0.29, 0.717) is 0 Å². The van der Waals surface area contributed by atoms with Crippen LogP contribution in [0.5, 0.6) is 0 Å². The van der Waals surface area contributed by atoms with Gasteiger partial charge in [0.1, 0.15) is 0 Å². The van der Waals surface area contributed by atoms with Crippen LogP contribution in [0, 0.1) is 6.92 Å². The van der Waals surface area contributed by atoms with Gasteiger partial charge in [0.25, 0.3) is 0 Å². The Morgan fingerprint density at radius 3 is 2.44 bits per heavy atom. The Labute approximate surface area is 159 Å². The molecule has 0 unspecified atom stereocenters. The smallest absolute Gasteiger partial charge is 0.0514 e. The summed E-state index contributed by atoms with van der Waals surface area (Å²) in [5.41, 5.74) is 12.5. The Bertz CT molecular complexity index is 892. The Kier molecular flexibility index (Phi) is 5.73. The molecule has 0 spiro atoms. The second-order valence-corrected chi connectivity index (χ2v) is 8.01. The zero-order valence-electron chi connectivity index (χ0n) is 15.7. The normalized spacial score (nSPS) is 11.7. The highest BCUT2D eigenvalue weighted by molar-refractivity contribution is 9.10. The largest absolute Gasteiger partial charge is 0.399 e. The predicted molar refractivity (Wildman–Crippen MR) is 114 cm³/mol. The van der Waals surface area contributed by atoms with Crippen LogP contribution in [0.25, 0.3) is 21.8 Å². The molecule has 0 aliphatic heterocycles. The third-order valence-corrected chi connectivity index (χ3v) is 5.99. The highest BCUT2D eigenvalue weighted by atomic mass is 79.9. The molecule has 0 aliphatic rings. The first-order valence-electron chi connectivity index (χ1n) is 9.57. The molecule has 2 aromatic carbocycles. The maximum Gasteiger partial charge on any atom is 0.0514 e. The van der Waals surface area contributed by atoms with Gasteiger partial charge in [0.2, 0.25) is 0 Å². The minimum atomic E-state index is 0.885. The third-order valence-electron chi connectivity index (χ3n) is 5.13. The van der Waals surface area contributed by atoms with E-state index >= 15 is 0 Å². The van der Waals surface area contributed by atoms with Crippen molar-refractivity contribution in [2.45, 2.75) is 65.8 Å². The average Bonchev–Trinajstić information content (AvgIpc) is 2.86. The van der Waals surface area contributed by atoms with Crippen molar-refractivity contribution in [1.82, 2.24) is 4.57 Å². The first-order chi connectivity index (χ1) is 12.1. The number of fused-ring (bicyclic) bond motifs is 3. The summed E-state index contributed by atoms with van der Waals surface area (Å²) in [4.78, 5) is 0. The van der Waals surface area contributed by atoms with Crippen molar-refractivity contribution in [2.75, 3.05) is 5.73 Å². The Morgan fingerprint density at radius 2 is 1.72 bits per heavy atom. The van der Waals surface area contributed by atoms with E-state index in [1.54, 1.807) is 0 Å². The number of nitrogen functional groups attached to an aromatic ring is 1. The molecule has 0 atom stereocenters. The lowest BCUT2D eigenvalue weighted by atomic mass is 9.99. The number of unbranched alkanes of at least 4 members (excludes halogenated alkanes) is 3. The summed E-state index contributed by atoms with van der Waals surface area (Å²) in [6, 6.07) is 8.98. The van der Waals surface area contributed by atoms with Crippen molar-refractivity contribution in [1.29, 1.82) is 0 Å². The summed E-state index contributed by atoms with van der Waals surface area (Å²) in [7, 11) is 0. The van der Waals surface area contributed by atoms with Crippen LogP contribution >= 0.6 is 15.9 Å². The molecular weight excluding hydrogens is 372 g/mol. The van der Waals surface area contributed by atoms with Crippen LogP contribution in [0.15, 0.2) is 28.7 Å². The van der Waals surface area contributed by atoms with Crippen molar-refractivity contribution < 1.29 is 0 Å². The molecule has 0 aliphatic carbocycles. The Balaban J connectivity index is 2.28. The number of nitrogens with two attached hydrogens (primary N) is 1. The van der Waals surface area contributed by atoms with Gasteiger partial charge in [-0.1, -0.05) is 49.0 Å². The van der Waals surface area contributed by atoms with Gasteiger partial charge in [-0.25, -0.2) is 0 Å². The number of aryl methyl sites for hydroxylation is 3. The highest BCUT2D eigenvalue weighted by Gasteiger charge is 2.16. The van der Waals surface area contributed by atoms with E-state index in [4.69, 9.17) is 5.73 Å². The van der Waals surface area contributed by atoms with Crippen molar-refractivity contribution in [3.05, 3.63) is 39.9 Å². The van der Waals surface area contributed by atoms with Gasteiger partial charge < -0.3 is 10.3 Å². The molecule has 0 saturated heterocycles. The van der Waals surface area contributed by atoms with Crippen molar-refractivity contribution in [2.24, 2.45) is 0 Å². The molecule has 0 bridgehead atoms. The van der Waals surface area contributed by atoms with Crippen LogP contribution in [0.1, 0.15) is 57.1 Å². The van der Waals surface area contributed by atoms with Gasteiger partial charge in [-0.05, 0) is 61.6 Å². The number of hydrogen-bond acceptors (Lipinski definition) is 1. The van der Waals surface area contributed by atoms with Crippen molar-refractivity contribution in [3.8, 4) is 0 Å². The van der Waals surface area contributed by atoms with E-state index in [1.165, 1.54) is 69.5 Å². The summed E-state index contributed by atoms with van der Waals surface area (Å²) in [6.45, 7) is 7.72. The maximum atomic E-state index is 6.29. The van der Waals surface area contributed by atoms with E-state index in [1.807, 2.05) is 0 Å². The number of nitrogens with zero attached hydrogens (tertiary/aromatic N) is 1. The minimum Gasteiger partial charge on any atom is -0.399 e. The molecule has 2 nitrogen and oxygen atoms in total. The van der Waals surface area contributed by atoms with Gasteiger partial charge in [-0.3, -0.25) is 0 Å². The van der Waals surface area contributed by atoms with E-state index in [0.717, 1.165) is 18.7 Å². The zero-order valence-corrected chi connectivity index (χ0v) is 17.2. The molecule has 1 heterocycles. The van der Waals surface area contributed by atoms with Gasteiger partial charge in [0.05, 0.1) is 11.0 Å². The molecule has 0 fully saturated rings. The van der Waals surface area contributed by atoms with E-state index in [9.17, 15) is 0 Å². The quantitative estimate of drug-likeness (QED) is 0.336. The van der Waals surface area contributed by atoms with E-state index < -0.39 is 0 Å². The molecule has 3 aromatic rings. The second kappa shape index (κ2) is 7.82. The first kappa shape index (κ1) is 18.3. The van der Waals surface area contributed by atoms with Crippen molar-refractivity contribution >= 4 is 43.4 Å². The SMILES string of the molecule is CCCCCc1cc(N)cc2c1c1cc(C)c(Br)cc1n2CCCC. The number of hydrogen-bond donors (Lipinski definition) is 1. The first-order valence-corrected chi connectivity index (χ1v) is 10.4. The lowest BCUT2D eigenvalue weighted by Crippen LogP contribution is -1.99.